The van der Waals surface area contributed by atoms with Crippen LogP contribution in [-0.4, -0.2) is 67.5 Å². The van der Waals surface area contributed by atoms with Gasteiger partial charge in [-0.15, -0.1) is 0 Å². The van der Waals surface area contributed by atoms with E-state index in [1.165, 1.54) is 0 Å². The Labute approximate surface area is 73.9 Å². The van der Waals surface area contributed by atoms with Gasteiger partial charge in [0.15, 0.2) is 5.72 Å². The highest BCUT2D eigenvalue weighted by molar-refractivity contribution is 4.98. The number of piperidine rings is 1. The van der Waals surface area contributed by atoms with Gasteiger partial charge in [0, 0.05) is 0 Å². The van der Waals surface area contributed by atoms with Crippen molar-refractivity contribution in [1.29, 1.82) is 0 Å². The summed E-state index contributed by atoms with van der Waals surface area (Å²) in [5, 5.41) is 56.4. The molecule has 0 aliphatic carbocycles. The number of hydrogen-bond donors (Lipinski definition) is 7. The summed E-state index contributed by atoms with van der Waals surface area (Å²) in [6, 6.07) is 0. The van der Waals surface area contributed by atoms with E-state index in [2.05, 4.69) is 0 Å². The van der Waals surface area contributed by atoms with Crippen molar-refractivity contribution < 1.29 is 30.6 Å². The Morgan fingerprint density at radius 3 is 2.08 bits per heavy atom. The van der Waals surface area contributed by atoms with Gasteiger partial charge < -0.3 is 30.6 Å². The molecule has 1 fully saturated rings. The molecule has 0 bridgehead atoms. The molecule has 1 aliphatic heterocycles. The normalized spacial score (nSPS) is 52.2. The second kappa shape index (κ2) is 3.46. The smallest absolute Gasteiger partial charge is 0.170 e. The lowest BCUT2D eigenvalue weighted by Crippen LogP contribution is -2.73. The van der Waals surface area contributed by atoms with E-state index in [1.807, 2.05) is 5.32 Å². The van der Waals surface area contributed by atoms with Crippen molar-refractivity contribution in [3.63, 3.8) is 0 Å². The molecule has 78 valence electrons. The van der Waals surface area contributed by atoms with Gasteiger partial charge in [0.2, 0.25) is 0 Å². The van der Waals surface area contributed by atoms with Crippen LogP contribution in [0.4, 0.5) is 0 Å². The molecule has 7 heteroatoms. The summed E-state index contributed by atoms with van der Waals surface area (Å²) in [6.45, 7) is -0.894. The number of aliphatic hydroxyl groups is 6. The van der Waals surface area contributed by atoms with Gasteiger partial charge in [-0.25, -0.2) is 0 Å². The minimum absolute atomic E-state index is 0.894. The Balaban J connectivity index is 2.82. The van der Waals surface area contributed by atoms with Gasteiger partial charge in [0.25, 0.3) is 0 Å². The average Bonchev–Trinajstić information content (AvgIpc) is 2.12. The van der Waals surface area contributed by atoms with Crippen LogP contribution in [0.3, 0.4) is 0 Å². The van der Waals surface area contributed by atoms with Crippen molar-refractivity contribution >= 4 is 0 Å². The molecular weight excluding hydrogens is 182 g/mol. The minimum Gasteiger partial charge on any atom is -0.392 e. The molecule has 0 aromatic heterocycles. The van der Waals surface area contributed by atoms with Gasteiger partial charge in [-0.1, -0.05) is 0 Å². The predicted molar refractivity (Wildman–Crippen MR) is 39.2 cm³/mol. The zero-order valence-electron chi connectivity index (χ0n) is 6.70. The SMILES string of the molecule is OC[C@]1(O)NC(O)[C@H](O)[C@@H](O)[C@@H]1O. The monoisotopic (exact) mass is 195 g/mol. The first-order valence-electron chi connectivity index (χ1n) is 3.75. The third-order valence-electron chi connectivity index (χ3n) is 2.13. The Morgan fingerprint density at radius 2 is 1.62 bits per heavy atom. The van der Waals surface area contributed by atoms with E-state index in [0.29, 0.717) is 0 Å². The third-order valence-corrected chi connectivity index (χ3v) is 2.13. The summed E-state index contributed by atoms with van der Waals surface area (Å²) in [5.74, 6) is 0. The van der Waals surface area contributed by atoms with Crippen LogP contribution in [0.2, 0.25) is 0 Å². The van der Waals surface area contributed by atoms with Gasteiger partial charge in [-0.3, -0.25) is 5.32 Å². The maximum atomic E-state index is 9.36. The zero-order valence-corrected chi connectivity index (χ0v) is 6.70. The highest BCUT2D eigenvalue weighted by Gasteiger charge is 2.50. The Bertz CT molecular complexity index is 190. The molecule has 1 aliphatic rings. The van der Waals surface area contributed by atoms with Crippen molar-refractivity contribution in [2.45, 2.75) is 30.3 Å². The highest BCUT2D eigenvalue weighted by Crippen LogP contribution is 2.20. The molecule has 0 aromatic carbocycles. The summed E-state index contributed by atoms with van der Waals surface area (Å²) in [6.07, 6.45) is -6.69. The second-order valence-corrected chi connectivity index (χ2v) is 3.10. The van der Waals surface area contributed by atoms with Crippen LogP contribution < -0.4 is 5.32 Å². The van der Waals surface area contributed by atoms with E-state index >= 15 is 0 Å². The van der Waals surface area contributed by atoms with Crippen molar-refractivity contribution in [3.8, 4) is 0 Å². The van der Waals surface area contributed by atoms with Gasteiger partial charge in [0.05, 0.1) is 6.61 Å². The van der Waals surface area contributed by atoms with E-state index < -0.39 is 36.9 Å². The molecule has 1 rings (SSSR count). The van der Waals surface area contributed by atoms with Crippen LogP contribution in [0, 0.1) is 0 Å². The molecule has 1 heterocycles. The lowest BCUT2D eigenvalue weighted by Gasteiger charge is -2.44. The molecule has 5 atom stereocenters. The van der Waals surface area contributed by atoms with Gasteiger partial charge in [-0.2, -0.15) is 0 Å². The van der Waals surface area contributed by atoms with Crippen LogP contribution in [0.5, 0.6) is 0 Å². The van der Waals surface area contributed by atoms with Crippen LogP contribution in [0.1, 0.15) is 0 Å². The van der Waals surface area contributed by atoms with Crippen molar-refractivity contribution in [2.75, 3.05) is 6.61 Å². The summed E-state index contributed by atoms with van der Waals surface area (Å²) < 4.78 is 0. The van der Waals surface area contributed by atoms with Crippen molar-refractivity contribution in [2.24, 2.45) is 0 Å². The molecule has 0 radical (unpaired) electrons. The van der Waals surface area contributed by atoms with Crippen LogP contribution in [-0.2, 0) is 0 Å². The van der Waals surface area contributed by atoms with Crippen LogP contribution in [0.25, 0.3) is 0 Å². The molecule has 1 saturated heterocycles. The molecule has 13 heavy (non-hydrogen) atoms. The van der Waals surface area contributed by atoms with Crippen LogP contribution in [0.15, 0.2) is 0 Å². The average molecular weight is 195 g/mol. The summed E-state index contributed by atoms with van der Waals surface area (Å²) in [7, 11) is 0. The molecular formula is C6H13NO6. The van der Waals surface area contributed by atoms with Gasteiger partial charge in [-0.05, 0) is 0 Å². The molecule has 7 N–H and O–H groups in total. The topological polar surface area (TPSA) is 133 Å². The van der Waals surface area contributed by atoms with E-state index in [9.17, 15) is 10.2 Å². The Morgan fingerprint density at radius 1 is 1.08 bits per heavy atom. The quantitative estimate of drug-likeness (QED) is 0.225. The van der Waals surface area contributed by atoms with E-state index in [1.54, 1.807) is 0 Å². The number of hydrogen-bond acceptors (Lipinski definition) is 7. The second-order valence-electron chi connectivity index (χ2n) is 3.10. The fraction of sp³-hybridized carbons (Fsp3) is 1.00. The summed E-state index contributed by atoms with van der Waals surface area (Å²) in [4.78, 5) is 0. The molecule has 7 nitrogen and oxygen atoms in total. The van der Waals surface area contributed by atoms with Crippen molar-refractivity contribution in [1.82, 2.24) is 5.32 Å². The fourth-order valence-corrected chi connectivity index (χ4v) is 1.22. The summed E-state index contributed by atoms with van der Waals surface area (Å²) in [5.41, 5.74) is -2.20. The lowest BCUT2D eigenvalue weighted by molar-refractivity contribution is -0.247. The molecule has 0 aromatic rings. The van der Waals surface area contributed by atoms with Gasteiger partial charge >= 0.3 is 0 Å². The van der Waals surface area contributed by atoms with E-state index in [0.717, 1.165) is 0 Å². The first-order valence-corrected chi connectivity index (χ1v) is 3.75. The van der Waals surface area contributed by atoms with Gasteiger partial charge in [0.1, 0.15) is 24.5 Å². The lowest BCUT2D eigenvalue weighted by atomic mass is 9.92. The zero-order chi connectivity index (χ0) is 10.2. The molecule has 1 unspecified atom stereocenters. The van der Waals surface area contributed by atoms with E-state index in [4.69, 9.17) is 20.4 Å². The van der Waals surface area contributed by atoms with Crippen LogP contribution >= 0.6 is 0 Å². The highest BCUT2D eigenvalue weighted by atomic mass is 16.4. The standard InChI is InChI=1S/C6H13NO6/c8-1-6(13)4(11)2(9)3(10)5(12)7-6/h2-5,7-13H,1H2/t2-,3-,4+,5?,6-/m1/s1. The third kappa shape index (κ3) is 1.67. The Kier molecular flexibility index (Phi) is 2.88. The maximum absolute atomic E-state index is 9.36. The maximum Gasteiger partial charge on any atom is 0.170 e. The van der Waals surface area contributed by atoms with E-state index in [-0.39, 0.29) is 0 Å². The first-order chi connectivity index (χ1) is 5.92. The first kappa shape index (κ1) is 10.8. The predicted octanol–water partition coefficient (Wildman–Crippen LogP) is -4.33. The van der Waals surface area contributed by atoms with Crippen molar-refractivity contribution in [3.05, 3.63) is 0 Å². The Hall–Kier alpha value is -0.280. The molecule has 0 amide bonds. The minimum atomic E-state index is -2.20. The summed E-state index contributed by atoms with van der Waals surface area (Å²) >= 11 is 0. The number of nitrogens with one attached hydrogen (secondary N) is 1. The molecule has 0 saturated carbocycles. The molecule has 0 spiro atoms. The number of aliphatic hydroxyl groups excluding tert-OH is 5. The fourth-order valence-electron chi connectivity index (χ4n) is 1.22. The number of rotatable bonds is 1. The largest absolute Gasteiger partial charge is 0.392 e.